The van der Waals surface area contributed by atoms with E-state index in [0.717, 1.165) is 21.7 Å². The van der Waals surface area contributed by atoms with Gasteiger partial charge in [0.05, 0.1) is 10.2 Å². The summed E-state index contributed by atoms with van der Waals surface area (Å²) < 4.78 is 1.08. The molecule has 3 aromatic rings. The molecule has 0 aliphatic carbocycles. The first-order chi connectivity index (χ1) is 12.5. The fourth-order valence-electron chi connectivity index (χ4n) is 2.55. The molecule has 0 radical (unpaired) electrons. The standard InChI is InChI=1S/C19H20ClN3OS2.ClH/c1-22(2)10-11-23(18(24)13-6-4-7-14(20)12-13)19-21-17-15(25-3)8-5-9-16(17)26-19;/h4-9,12H,10-11H2,1-3H3;1H. The van der Waals surface area contributed by atoms with Crippen LogP contribution in [0.15, 0.2) is 47.4 Å². The molecule has 1 amide bonds. The Kier molecular flexibility index (Phi) is 7.94. The molecule has 0 unspecified atom stereocenters. The van der Waals surface area contributed by atoms with E-state index in [0.29, 0.717) is 22.3 Å². The molecule has 0 fully saturated rings. The Bertz CT molecular complexity index is 930. The second-order valence-corrected chi connectivity index (χ2v) is 8.37. The van der Waals surface area contributed by atoms with Gasteiger partial charge in [0.25, 0.3) is 5.91 Å². The quantitative estimate of drug-likeness (QED) is 0.486. The molecule has 0 N–H and O–H groups in total. The Balaban J connectivity index is 0.00000261. The first-order valence-corrected chi connectivity index (χ1v) is 10.6. The summed E-state index contributed by atoms with van der Waals surface area (Å²) in [5.74, 6) is -0.0842. The van der Waals surface area contributed by atoms with E-state index in [-0.39, 0.29) is 18.3 Å². The average molecular weight is 442 g/mol. The summed E-state index contributed by atoms with van der Waals surface area (Å²) in [4.78, 5) is 22.9. The van der Waals surface area contributed by atoms with Crippen LogP contribution in [-0.2, 0) is 0 Å². The molecule has 2 aromatic carbocycles. The molecule has 0 spiro atoms. The maximum Gasteiger partial charge on any atom is 0.260 e. The molecule has 1 aromatic heterocycles. The summed E-state index contributed by atoms with van der Waals surface area (Å²) in [7, 11) is 3.98. The topological polar surface area (TPSA) is 36.4 Å². The third-order valence-corrected chi connectivity index (χ3v) is 5.96. The van der Waals surface area contributed by atoms with Gasteiger partial charge in [-0.2, -0.15) is 0 Å². The fraction of sp³-hybridized carbons (Fsp3) is 0.263. The number of anilines is 1. The lowest BCUT2D eigenvalue weighted by Gasteiger charge is -2.22. The third-order valence-electron chi connectivity index (χ3n) is 3.91. The Labute approximate surface area is 178 Å². The maximum absolute atomic E-state index is 13.2. The first-order valence-electron chi connectivity index (χ1n) is 8.15. The minimum Gasteiger partial charge on any atom is -0.308 e. The van der Waals surface area contributed by atoms with E-state index in [1.54, 1.807) is 52.3 Å². The van der Waals surface area contributed by atoms with Crippen LogP contribution in [0.4, 0.5) is 5.13 Å². The van der Waals surface area contributed by atoms with Crippen molar-refractivity contribution in [2.24, 2.45) is 0 Å². The number of halogens is 2. The highest BCUT2D eigenvalue weighted by Crippen LogP contribution is 2.34. The van der Waals surface area contributed by atoms with E-state index in [2.05, 4.69) is 11.0 Å². The van der Waals surface area contributed by atoms with Gasteiger partial charge in [0.2, 0.25) is 0 Å². The summed E-state index contributed by atoms with van der Waals surface area (Å²) in [5.41, 5.74) is 1.52. The number of thiazole rings is 1. The number of hydrogen-bond donors (Lipinski definition) is 0. The molecule has 27 heavy (non-hydrogen) atoms. The van der Waals surface area contributed by atoms with Crippen LogP contribution in [0.5, 0.6) is 0 Å². The van der Waals surface area contributed by atoms with Gasteiger partial charge in [0.1, 0.15) is 0 Å². The summed E-state index contributed by atoms with van der Waals surface area (Å²) in [5, 5.41) is 1.27. The zero-order valence-corrected chi connectivity index (χ0v) is 18.5. The molecule has 144 valence electrons. The molecule has 0 aliphatic rings. The van der Waals surface area contributed by atoms with Gasteiger partial charge in [-0.1, -0.05) is 35.1 Å². The predicted octanol–water partition coefficient (Wildman–Crippen LogP) is 5.30. The van der Waals surface area contributed by atoms with E-state index in [1.165, 1.54) is 0 Å². The van der Waals surface area contributed by atoms with Crippen LogP contribution in [0.1, 0.15) is 10.4 Å². The number of carbonyl (C=O) groups is 1. The minimum atomic E-state index is -0.0842. The monoisotopic (exact) mass is 441 g/mol. The summed E-state index contributed by atoms with van der Waals surface area (Å²) in [6.07, 6.45) is 2.04. The SMILES string of the molecule is CSc1cccc2sc(N(CCN(C)C)C(=O)c3cccc(Cl)c3)nc12.Cl. The number of likely N-dealkylation sites (N-methyl/N-ethyl adjacent to an activating group) is 1. The fourth-order valence-corrected chi connectivity index (χ4v) is 4.39. The van der Waals surface area contributed by atoms with Crippen molar-refractivity contribution in [3.63, 3.8) is 0 Å². The lowest BCUT2D eigenvalue weighted by atomic mass is 10.2. The van der Waals surface area contributed by atoms with E-state index in [4.69, 9.17) is 16.6 Å². The number of carbonyl (C=O) groups excluding carboxylic acids is 1. The van der Waals surface area contributed by atoms with Crippen molar-refractivity contribution in [3.8, 4) is 0 Å². The third kappa shape index (κ3) is 5.15. The number of hydrogen-bond acceptors (Lipinski definition) is 5. The van der Waals surface area contributed by atoms with Crippen molar-refractivity contribution < 1.29 is 4.79 Å². The second-order valence-electron chi connectivity index (χ2n) is 6.07. The van der Waals surface area contributed by atoms with Crippen molar-refractivity contribution in [2.45, 2.75) is 4.90 Å². The molecule has 0 bridgehead atoms. The number of aromatic nitrogens is 1. The number of rotatable bonds is 6. The van der Waals surface area contributed by atoms with Gasteiger partial charge in [-0.25, -0.2) is 4.98 Å². The van der Waals surface area contributed by atoms with Crippen LogP contribution in [0.2, 0.25) is 5.02 Å². The van der Waals surface area contributed by atoms with Crippen molar-refractivity contribution in [1.29, 1.82) is 0 Å². The van der Waals surface area contributed by atoms with Gasteiger partial charge in [-0.3, -0.25) is 9.69 Å². The molecule has 0 saturated heterocycles. The van der Waals surface area contributed by atoms with E-state index in [1.807, 2.05) is 32.5 Å². The lowest BCUT2D eigenvalue weighted by molar-refractivity contribution is 0.0985. The molecule has 3 rings (SSSR count). The molecule has 0 aliphatic heterocycles. The van der Waals surface area contributed by atoms with Crippen LogP contribution in [-0.4, -0.2) is 49.2 Å². The van der Waals surface area contributed by atoms with E-state index < -0.39 is 0 Å². The predicted molar refractivity (Wildman–Crippen MR) is 120 cm³/mol. The Morgan fingerprint density at radius 3 is 2.59 bits per heavy atom. The molecule has 8 heteroatoms. The Hall–Kier alpha value is -1.31. The summed E-state index contributed by atoms with van der Waals surface area (Å²) in [6, 6.07) is 13.2. The first kappa shape index (κ1) is 22.0. The smallest absolute Gasteiger partial charge is 0.260 e. The van der Waals surface area contributed by atoms with Gasteiger partial charge in [0.15, 0.2) is 5.13 Å². The number of amides is 1. The van der Waals surface area contributed by atoms with Crippen LogP contribution < -0.4 is 4.90 Å². The van der Waals surface area contributed by atoms with Gasteiger partial charge in [-0.15, -0.1) is 24.2 Å². The number of fused-ring (bicyclic) bond motifs is 1. The van der Waals surface area contributed by atoms with Crippen molar-refractivity contribution in [3.05, 3.63) is 53.1 Å². The highest BCUT2D eigenvalue weighted by atomic mass is 35.5. The molecule has 0 atom stereocenters. The number of thioether (sulfide) groups is 1. The van der Waals surface area contributed by atoms with E-state index in [9.17, 15) is 4.79 Å². The van der Waals surface area contributed by atoms with Crippen LogP contribution >= 0.6 is 47.1 Å². The Morgan fingerprint density at radius 2 is 1.93 bits per heavy atom. The lowest BCUT2D eigenvalue weighted by Crippen LogP contribution is -2.36. The number of benzene rings is 2. The number of para-hydroxylation sites is 1. The van der Waals surface area contributed by atoms with Gasteiger partial charge in [0, 0.05) is 28.6 Å². The molecule has 4 nitrogen and oxygen atoms in total. The minimum absolute atomic E-state index is 0. The van der Waals surface area contributed by atoms with Crippen molar-refractivity contribution in [1.82, 2.24) is 9.88 Å². The van der Waals surface area contributed by atoms with Crippen molar-refractivity contribution in [2.75, 3.05) is 38.3 Å². The summed E-state index contributed by atoms with van der Waals surface area (Å²) in [6.45, 7) is 1.31. The number of nitrogens with zero attached hydrogens (tertiary/aromatic N) is 3. The van der Waals surface area contributed by atoms with Crippen LogP contribution in [0.3, 0.4) is 0 Å². The van der Waals surface area contributed by atoms with Crippen LogP contribution in [0, 0.1) is 0 Å². The molecule has 1 heterocycles. The van der Waals surface area contributed by atoms with E-state index >= 15 is 0 Å². The second kappa shape index (κ2) is 9.75. The van der Waals surface area contributed by atoms with Gasteiger partial charge < -0.3 is 4.90 Å². The Morgan fingerprint density at radius 1 is 1.19 bits per heavy atom. The zero-order valence-electron chi connectivity index (χ0n) is 15.3. The van der Waals surface area contributed by atoms with Crippen LogP contribution in [0.25, 0.3) is 10.2 Å². The van der Waals surface area contributed by atoms with Gasteiger partial charge in [-0.05, 0) is 50.7 Å². The van der Waals surface area contributed by atoms with Crippen molar-refractivity contribution >= 4 is 68.4 Å². The maximum atomic E-state index is 13.2. The normalized spacial score (nSPS) is 10.9. The van der Waals surface area contributed by atoms with Gasteiger partial charge >= 0.3 is 0 Å². The molecular weight excluding hydrogens is 421 g/mol. The molecule has 0 saturated carbocycles. The largest absolute Gasteiger partial charge is 0.308 e. The highest BCUT2D eigenvalue weighted by Gasteiger charge is 2.22. The molecular formula is C19H21Cl2N3OS2. The summed E-state index contributed by atoms with van der Waals surface area (Å²) >= 11 is 9.28. The highest BCUT2D eigenvalue weighted by molar-refractivity contribution is 7.98. The zero-order chi connectivity index (χ0) is 18.7. The average Bonchev–Trinajstić information content (AvgIpc) is 3.05.